The molecule has 0 bridgehead atoms. The second-order valence-electron chi connectivity index (χ2n) is 8.50. The number of halogens is 2. The highest BCUT2D eigenvalue weighted by molar-refractivity contribution is 6.42. The summed E-state index contributed by atoms with van der Waals surface area (Å²) in [6.07, 6.45) is 0.892. The number of carbonyl (C=O) groups is 2. The topological polar surface area (TPSA) is 58.6 Å². The molecule has 4 atom stereocenters. The van der Waals surface area contributed by atoms with Crippen molar-refractivity contribution in [3.8, 4) is 0 Å². The van der Waals surface area contributed by atoms with Gasteiger partial charge in [0.25, 0.3) is 5.91 Å². The van der Waals surface area contributed by atoms with Gasteiger partial charge in [-0.3, -0.25) is 9.59 Å². The Morgan fingerprint density at radius 3 is 2.35 bits per heavy atom. The zero-order valence-electron chi connectivity index (χ0n) is 17.6. The average molecular weight is 461 g/mol. The molecule has 31 heavy (non-hydrogen) atoms. The molecule has 1 saturated heterocycles. The van der Waals surface area contributed by atoms with Crippen LogP contribution in [0.15, 0.2) is 42.5 Å². The number of amides is 2. The number of ether oxygens (including phenoxy) is 1. The zero-order chi connectivity index (χ0) is 22.1. The van der Waals surface area contributed by atoms with Gasteiger partial charge in [0.15, 0.2) is 0 Å². The van der Waals surface area contributed by atoms with Crippen molar-refractivity contribution >= 4 is 35.0 Å². The maximum Gasteiger partial charge on any atom is 0.254 e. The summed E-state index contributed by atoms with van der Waals surface area (Å²) in [4.78, 5) is 27.1. The molecule has 1 N–H and O–H groups in total. The number of hydrogen-bond acceptors (Lipinski definition) is 3. The van der Waals surface area contributed by atoms with E-state index in [1.54, 1.807) is 6.07 Å². The molecule has 1 heterocycles. The van der Waals surface area contributed by atoms with Gasteiger partial charge in [-0.25, -0.2) is 0 Å². The molecule has 2 aromatic rings. The van der Waals surface area contributed by atoms with E-state index in [1.807, 2.05) is 55.1 Å². The van der Waals surface area contributed by atoms with Crippen LogP contribution in [0.1, 0.15) is 47.7 Å². The van der Waals surface area contributed by atoms with Gasteiger partial charge in [-0.2, -0.15) is 0 Å². The van der Waals surface area contributed by atoms with Crippen LogP contribution in [0.25, 0.3) is 0 Å². The summed E-state index contributed by atoms with van der Waals surface area (Å²) in [5, 5.41) is 4.04. The van der Waals surface area contributed by atoms with Gasteiger partial charge < -0.3 is 15.0 Å². The molecule has 7 heteroatoms. The maximum absolute atomic E-state index is 12.8. The Hall–Kier alpha value is -2.08. The van der Waals surface area contributed by atoms with Crippen LogP contribution in [0.5, 0.6) is 0 Å². The van der Waals surface area contributed by atoms with E-state index in [1.165, 1.54) is 0 Å². The second kappa shape index (κ2) is 9.19. The van der Waals surface area contributed by atoms with E-state index in [9.17, 15) is 9.59 Å². The number of rotatable bonds is 5. The molecule has 1 aliphatic heterocycles. The van der Waals surface area contributed by atoms with Gasteiger partial charge >= 0.3 is 0 Å². The third-order valence-electron chi connectivity index (χ3n) is 5.87. The minimum absolute atomic E-state index is 0.0139. The largest absolute Gasteiger partial charge is 0.372 e. The summed E-state index contributed by atoms with van der Waals surface area (Å²) >= 11 is 12.1. The molecule has 0 aromatic heterocycles. The first-order chi connectivity index (χ1) is 14.8. The number of nitrogens with one attached hydrogen (secondary N) is 1. The van der Waals surface area contributed by atoms with Crippen LogP contribution in [-0.2, 0) is 16.1 Å². The highest BCUT2D eigenvalue weighted by atomic mass is 35.5. The summed E-state index contributed by atoms with van der Waals surface area (Å²) in [7, 11) is 0. The van der Waals surface area contributed by atoms with Crippen LogP contribution in [0.2, 0.25) is 10.0 Å². The van der Waals surface area contributed by atoms with Crippen molar-refractivity contribution in [2.45, 2.75) is 44.9 Å². The van der Waals surface area contributed by atoms with E-state index in [0.29, 0.717) is 35.2 Å². The van der Waals surface area contributed by atoms with Gasteiger partial charge in [-0.15, -0.1) is 0 Å². The summed E-state index contributed by atoms with van der Waals surface area (Å²) in [6, 6.07) is 13.0. The molecule has 4 rings (SSSR count). The maximum atomic E-state index is 12.8. The smallest absolute Gasteiger partial charge is 0.254 e. The Balaban J connectivity index is 1.29. The highest BCUT2D eigenvalue weighted by Crippen LogP contribution is 2.48. The first-order valence-corrected chi connectivity index (χ1v) is 11.3. The molecule has 2 amide bonds. The Bertz CT molecular complexity index is 969. The second-order valence-corrected chi connectivity index (χ2v) is 9.32. The van der Waals surface area contributed by atoms with Gasteiger partial charge in [-0.05, 0) is 61.6 Å². The Kier molecular flexibility index (Phi) is 6.56. The fourth-order valence-electron chi connectivity index (χ4n) is 4.21. The van der Waals surface area contributed by atoms with E-state index in [4.69, 9.17) is 27.9 Å². The summed E-state index contributed by atoms with van der Waals surface area (Å²) in [6.45, 7) is 5.59. The minimum Gasteiger partial charge on any atom is -0.372 e. The number of benzene rings is 2. The van der Waals surface area contributed by atoms with Crippen LogP contribution in [0.3, 0.4) is 0 Å². The van der Waals surface area contributed by atoms with E-state index in [0.717, 1.165) is 17.5 Å². The minimum atomic E-state index is -0.0385. The van der Waals surface area contributed by atoms with Crippen LogP contribution in [-0.4, -0.2) is 42.0 Å². The van der Waals surface area contributed by atoms with Crippen LogP contribution < -0.4 is 5.32 Å². The van der Waals surface area contributed by atoms with Crippen LogP contribution in [0.4, 0.5) is 0 Å². The molecular weight excluding hydrogens is 435 g/mol. The molecule has 4 unspecified atom stereocenters. The van der Waals surface area contributed by atoms with Crippen LogP contribution in [0, 0.1) is 5.92 Å². The first kappa shape index (κ1) is 22.1. The number of hydrogen-bond donors (Lipinski definition) is 1. The quantitative estimate of drug-likeness (QED) is 0.705. The first-order valence-electron chi connectivity index (χ1n) is 10.6. The van der Waals surface area contributed by atoms with Crippen LogP contribution >= 0.6 is 23.2 Å². The molecule has 0 spiro atoms. The lowest BCUT2D eigenvalue weighted by molar-refractivity contribution is -0.122. The number of morpholine rings is 1. The van der Waals surface area contributed by atoms with Crippen molar-refractivity contribution in [2.24, 2.45) is 5.92 Å². The molecular formula is C24H26Cl2N2O3. The third-order valence-corrected chi connectivity index (χ3v) is 6.61. The Morgan fingerprint density at radius 1 is 1.03 bits per heavy atom. The lowest BCUT2D eigenvalue weighted by atomic mass is 10.1. The standard InChI is InChI=1S/C24H26Cl2N2O3/c1-14-12-28(13-15(2)31-14)24(30)17-5-3-16(4-6-17)11-27-23(29)20-10-19(20)18-7-8-21(25)22(26)9-18/h3-9,14-15,19-20H,10-13H2,1-2H3,(H,27,29). The predicted molar refractivity (Wildman–Crippen MR) is 122 cm³/mol. The number of carbonyl (C=O) groups excluding carboxylic acids is 2. The van der Waals surface area contributed by atoms with E-state index in [2.05, 4.69) is 5.32 Å². The van der Waals surface area contributed by atoms with Crippen molar-refractivity contribution in [3.63, 3.8) is 0 Å². The van der Waals surface area contributed by atoms with Crippen molar-refractivity contribution in [3.05, 3.63) is 69.2 Å². The van der Waals surface area contributed by atoms with Gasteiger partial charge in [0, 0.05) is 31.1 Å². The van der Waals surface area contributed by atoms with Crippen molar-refractivity contribution in [1.82, 2.24) is 10.2 Å². The molecule has 1 saturated carbocycles. The molecule has 0 radical (unpaired) electrons. The highest BCUT2D eigenvalue weighted by Gasteiger charge is 2.43. The average Bonchev–Trinajstić information content (AvgIpc) is 3.54. The lowest BCUT2D eigenvalue weighted by Gasteiger charge is -2.35. The van der Waals surface area contributed by atoms with Gasteiger partial charge in [0.05, 0.1) is 22.3 Å². The lowest BCUT2D eigenvalue weighted by Crippen LogP contribution is -2.48. The number of nitrogens with zero attached hydrogens (tertiary/aromatic N) is 1. The molecule has 5 nitrogen and oxygen atoms in total. The molecule has 2 aromatic carbocycles. The van der Waals surface area contributed by atoms with Gasteiger partial charge in [0.1, 0.15) is 0 Å². The molecule has 1 aliphatic carbocycles. The fourth-order valence-corrected chi connectivity index (χ4v) is 4.51. The third kappa shape index (κ3) is 5.22. The summed E-state index contributed by atoms with van der Waals surface area (Å²) in [5.41, 5.74) is 2.66. The van der Waals surface area contributed by atoms with E-state index in [-0.39, 0.29) is 35.9 Å². The Morgan fingerprint density at radius 2 is 1.71 bits per heavy atom. The van der Waals surface area contributed by atoms with Crippen molar-refractivity contribution < 1.29 is 14.3 Å². The summed E-state index contributed by atoms with van der Waals surface area (Å²) < 4.78 is 5.70. The van der Waals surface area contributed by atoms with Crippen molar-refractivity contribution in [2.75, 3.05) is 13.1 Å². The molecule has 164 valence electrons. The fraction of sp³-hybridized carbons (Fsp3) is 0.417. The predicted octanol–water partition coefficient (Wildman–Crippen LogP) is 4.66. The van der Waals surface area contributed by atoms with Gasteiger partial charge in [0.2, 0.25) is 5.91 Å². The van der Waals surface area contributed by atoms with Crippen molar-refractivity contribution in [1.29, 1.82) is 0 Å². The van der Waals surface area contributed by atoms with E-state index >= 15 is 0 Å². The monoisotopic (exact) mass is 460 g/mol. The zero-order valence-corrected chi connectivity index (χ0v) is 19.1. The Labute approximate surface area is 192 Å². The van der Waals surface area contributed by atoms with Gasteiger partial charge in [-0.1, -0.05) is 41.4 Å². The summed E-state index contributed by atoms with van der Waals surface area (Å²) in [5.74, 6) is 0.198. The molecule has 2 fully saturated rings. The van der Waals surface area contributed by atoms with E-state index < -0.39 is 0 Å². The normalized spacial score (nSPS) is 25.2. The SMILES string of the molecule is CC1CN(C(=O)c2ccc(CNC(=O)C3CC3c3ccc(Cl)c(Cl)c3)cc2)CC(C)O1. The molecule has 2 aliphatic rings.